The summed E-state index contributed by atoms with van der Waals surface area (Å²) < 4.78 is -1.02. The van der Waals surface area contributed by atoms with E-state index in [1.165, 1.54) is 0 Å². The number of halogens is 3. The van der Waals surface area contributed by atoms with E-state index in [0.29, 0.717) is 14.7 Å². The fraction of sp³-hybridized carbons (Fsp3) is 1.00. The Hall–Kier alpha value is 1.30. The number of hydrogen-bond donors (Lipinski definition) is 0. The van der Waals surface area contributed by atoms with Crippen molar-refractivity contribution in [1.82, 2.24) is 0 Å². The van der Waals surface area contributed by atoms with Crippen LogP contribution in [0.5, 0.6) is 0 Å². The predicted molar refractivity (Wildman–Crippen MR) is 39.4 cm³/mol. The first-order chi connectivity index (χ1) is 3.06. The van der Waals surface area contributed by atoms with Crippen molar-refractivity contribution in [2.45, 2.75) is 3.79 Å². The minimum atomic E-state index is -1.02. The van der Waals surface area contributed by atoms with Gasteiger partial charge in [-0.15, -0.1) is 8.58 Å². The lowest BCUT2D eigenvalue weighted by atomic mass is 10.9. The van der Waals surface area contributed by atoms with Gasteiger partial charge in [0, 0.05) is 6.16 Å². The van der Waals surface area contributed by atoms with Crippen molar-refractivity contribution in [3.8, 4) is 0 Å². The van der Waals surface area contributed by atoms with Gasteiger partial charge in [0.05, 0.1) is 0 Å². The van der Waals surface area contributed by atoms with Crippen molar-refractivity contribution >= 4 is 43.4 Å². The van der Waals surface area contributed by atoms with Crippen LogP contribution in [0, 0.1) is 0 Å². The molecule has 0 N–H and O–H groups in total. The Balaban J connectivity index is 3.15. The lowest BCUT2D eigenvalue weighted by molar-refractivity contribution is 1.29. The Morgan fingerprint density at radius 1 is 1.43 bits per heavy atom. The van der Waals surface area contributed by atoms with Crippen LogP contribution in [0.2, 0.25) is 0 Å². The van der Waals surface area contributed by atoms with Crippen LogP contribution in [0.4, 0.5) is 0 Å². The van der Waals surface area contributed by atoms with Gasteiger partial charge in [0.1, 0.15) is 0 Å². The molecule has 1 atom stereocenters. The Morgan fingerprint density at radius 2 is 1.86 bits per heavy atom. The van der Waals surface area contributed by atoms with Gasteiger partial charge in [0.15, 0.2) is 3.79 Å². The molecule has 0 aromatic rings. The van der Waals surface area contributed by atoms with Gasteiger partial charge in [0.25, 0.3) is 0 Å². The molecule has 0 heterocycles. The number of alkyl halides is 3. The van der Waals surface area contributed by atoms with Gasteiger partial charge in [-0.2, -0.15) is 0 Å². The molecule has 4 heteroatoms. The van der Waals surface area contributed by atoms with Crippen LogP contribution in [0.3, 0.4) is 0 Å². The van der Waals surface area contributed by atoms with Gasteiger partial charge in [-0.1, -0.05) is 34.8 Å². The second-order valence-electron chi connectivity index (χ2n) is 1.15. The summed E-state index contributed by atoms with van der Waals surface area (Å²) in [5, 5.41) is 0. The molecule has 44 valence electrons. The molecular weight excluding hydrogens is 173 g/mol. The van der Waals surface area contributed by atoms with Gasteiger partial charge in [0.2, 0.25) is 0 Å². The quantitative estimate of drug-likeness (QED) is 0.429. The summed E-state index contributed by atoms with van der Waals surface area (Å²) in [4.78, 5) is 0. The van der Waals surface area contributed by atoms with E-state index < -0.39 is 3.79 Å². The summed E-state index contributed by atoms with van der Waals surface area (Å²) >= 11 is 16.1. The normalized spacial score (nSPS) is 13.7. The second-order valence-corrected chi connectivity index (χ2v) is 4.72. The molecule has 7 heavy (non-hydrogen) atoms. The SMILES string of the molecule is CPCC(Cl)(Cl)Cl. The first kappa shape index (κ1) is 8.30. The third-order valence-electron chi connectivity index (χ3n) is 0.377. The third-order valence-corrected chi connectivity index (χ3v) is 2.33. The largest absolute Gasteiger partial charge is 0.194 e. The summed E-state index contributed by atoms with van der Waals surface area (Å²) in [7, 11) is 0.713. The van der Waals surface area contributed by atoms with E-state index in [-0.39, 0.29) is 0 Å². The second kappa shape index (κ2) is 3.35. The highest BCUT2D eigenvalue weighted by Gasteiger charge is 2.16. The van der Waals surface area contributed by atoms with E-state index in [9.17, 15) is 0 Å². The standard InChI is InChI=1S/C3H6Cl3P/c1-7-2-3(4,5)6/h7H,2H2,1H3. The van der Waals surface area contributed by atoms with Crippen molar-refractivity contribution in [1.29, 1.82) is 0 Å². The fourth-order valence-electron chi connectivity index (χ4n) is 0.200. The van der Waals surface area contributed by atoms with E-state index >= 15 is 0 Å². The zero-order chi connectivity index (χ0) is 5.91. The van der Waals surface area contributed by atoms with Crippen LogP contribution in [-0.2, 0) is 0 Å². The van der Waals surface area contributed by atoms with E-state index in [1.807, 2.05) is 6.66 Å². The van der Waals surface area contributed by atoms with Crippen LogP contribution in [0.25, 0.3) is 0 Å². The summed E-state index contributed by atoms with van der Waals surface area (Å²) in [5.41, 5.74) is 0. The molecule has 0 bridgehead atoms. The molecule has 0 amide bonds. The molecule has 0 spiro atoms. The Labute approximate surface area is 60.3 Å². The van der Waals surface area contributed by atoms with Crippen LogP contribution in [-0.4, -0.2) is 16.6 Å². The van der Waals surface area contributed by atoms with Gasteiger partial charge in [-0.05, 0) is 6.66 Å². The number of hydrogen-bond acceptors (Lipinski definition) is 0. The molecular formula is C3H6Cl3P. The van der Waals surface area contributed by atoms with Crippen molar-refractivity contribution in [2.75, 3.05) is 12.8 Å². The van der Waals surface area contributed by atoms with E-state index in [1.54, 1.807) is 0 Å². The van der Waals surface area contributed by atoms with Gasteiger partial charge >= 0.3 is 0 Å². The molecule has 0 aromatic heterocycles. The molecule has 0 rings (SSSR count). The molecule has 0 saturated heterocycles. The van der Waals surface area contributed by atoms with Crippen LogP contribution in [0.1, 0.15) is 0 Å². The van der Waals surface area contributed by atoms with E-state index in [0.717, 1.165) is 0 Å². The molecule has 1 unspecified atom stereocenters. The minimum absolute atomic E-state index is 0.664. The maximum Gasteiger partial charge on any atom is 0.194 e. The highest BCUT2D eigenvalue weighted by atomic mass is 35.6. The summed E-state index contributed by atoms with van der Waals surface area (Å²) in [6.45, 7) is 2.00. The molecule has 0 radical (unpaired) electrons. The van der Waals surface area contributed by atoms with E-state index in [4.69, 9.17) is 34.8 Å². The average molecular weight is 179 g/mol. The van der Waals surface area contributed by atoms with Crippen molar-refractivity contribution in [3.05, 3.63) is 0 Å². The summed E-state index contributed by atoms with van der Waals surface area (Å²) in [6, 6.07) is 0. The van der Waals surface area contributed by atoms with Crippen molar-refractivity contribution < 1.29 is 0 Å². The summed E-state index contributed by atoms with van der Waals surface area (Å²) in [5.74, 6) is 0. The highest BCUT2D eigenvalue weighted by Crippen LogP contribution is 2.31. The monoisotopic (exact) mass is 178 g/mol. The van der Waals surface area contributed by atoms with Gasteiger partial charge < -0.3 is 0 Å². The lowest BCUT2D eigenvalue weighted by Crippen LogP contribution is -2.03. The van der Waals surface area contributed by atoms with E-state index in [2.05, 4.69) is 0 Å². The Kier molecular flexibility index (Phi) is 3.97. The third kappa shape index (κ3) is 7.30. The molecule has 0 nitrogen and oxygen atoms in total. The zero-order valence-electron chi connectivity index (χ0n) is 3.84. The molecule has 0 saturated carbocycles. The fourth-order valence-corrected chi connectivity index (χ4v) is 1.80. The first-order valence-corrected chi connectivity index (χ1v) is 4.62. The first-order valence-electron chi connectivity index (χ1n) is 1.77. The van der Waals surface area contributed by atoms with Crippen LogP contribution < -0.4 is 0 Å². The molecule has 0 aliphatic heterocycles. The average Bonchev–Trinajstić information content (AvgIpc) is 1.30. The topological polar surface area (TPSA) is 0 Å². The van der Waals surface area contributed by atoms with Crippen molar-refractivity contribution in [3.63, 3.8) is 0 Å². The van der Waals surface area contributed by atoms with Crippen molar-refractivity contribution in [2.24, 2.45) is 0 Å². The zero-order valence-corrected chi connectivity index (χ0v) is 7.11. The Bertz CT molecular complexity index is 48.6. The molecule has 0 aliphatic carbocycles. The lowest BCUT2D eigenvalue weighted by Gasteiger charge is -2.05. The smallest absolute Gasteiger partial charge is 0.121 e. The maximum atomic E-state index is 5.37. The predicted octanol–water partition coefficient (Wildman–Crippen LogP) is 2.66. The number of rotatable bonds is 1. The molecule has 0 aromatic carbocycles. The minimum Gasteiger partial charge on any atom is -0.121 e. The Morgan fingerprint density at radius 3 is 1.86 bits per heavy atom. The highest BCUT2D eigenvalue weighted by molar-refractivity contribution is 7.37. The summed E-state index contributed by atoms with van der Waals surface area (Å²) in [6.07, 6.45) is 0.664. The molecule has 0 fully saturated rings. The maximum absolute atomic E-state index is 5.37. The molecule has 0 aliphatic rings. The van der Waals surface area contributed by atoms with Gasteiger partial charge in [-0.25, -0.2) is 0 Å². The van der Waals surface area contributed by atoms with Crippen LogP contribution in [0.15, 0.2) is 0 Å². The van der Waals surface area contributed by atoms with Gasteiger partial charge in [-0.3, -0.25) is 0 Å². The van der Waals surface area contributed by atoms with Crippen LogP contribution >= 0.6 is 43.4 Å².